The van der Waals surface area contributed by atoms with Gasteiger partial charge in [0.1, 0.15) is 6.33 Å². The second kappa shape index (κ2) is 7.05. The molecule has 7 heteroatoms. The zero-order chi connectivity index (χ0) is 19.9. The second-order valence-corrected chi connectivity index (χ2v) is 9.53. The summed E-state index contributed by atoms with van der Waals surface area (Å²) in [7, 11) is -3.04. The number of aromatic nitrogens is 2. The van der Waals surface area contributed by atoms with E-state index in [9.17, 15) is 13.2 Å². The maximum Gasteiger partial charge on any atom is 0.254 e. The lowest BCUT2D eigenvalue weighted by atomic mass is 10.1. The van der Waals surface area contributed by atoms with Crippen LogP contribution < -0.4 is 0 Å². The summed E-state index contributed by atoms with van der Waals surface area (Å²) in [5.74, 6) is 0.0645. The molecular formula is C21H23N3O3S. The van der Waals surface area contributed by atoms with Gasteiger partial charge in [0.05, 0.1) is 22.5 Å². The molecule has 0 N–H and O–H groups in total. The number of rotatable bonds is 4. The van der Waals surface area contributed by atoms with E-state index in [2.05, 4.69) is 11.1 Å². The minimum atomic E-state index is -3.04. The van der Waals surface area contributed by atoms with Crippen molar-refractivity contribution >= 4 is 26.8 Å². The molecule has 1 amide bonds. The molecule has 1 aliphatic rings. The number of hydrogen-bond donors (Lipinski definition) is 0. The van der Waals surface area contributed by atoms with E-state index in [1.165, 1.54) is 0 Å². The summed E-state index contributed by atoms with van der Waals surface area (Å²) in [6.07, 6.45) is 2.26. The highest BCUT2D eigenvalue weighted by molar-refractivity contribution is 7.91. The first kappa shape index (κ1) is 18.7. The fourth-order valence-electron chi connectivity index (χ4n) is 3.88. The molecule has 1 unspecified atom stereocenters. The van der Waals surface area contributed by atoms with E-state index in [0.717, 1.165) is 22.3 Å². The van der Waals surface area contributed by atoms with Crippen LogP contribution in [0.2, 0.25) is 0 Å². The number of carbonyl (C=O) groups is 1. The Morgan fingerprint density at radius 2 is 2.07 bits per heavy atom. The maximum absolute atomic E-state index is 13.0. The quantitative estimate of drug-likeness (QED) is 0.678. The SMILES string of the molecule is CCN(C(=O)c1ccc2c(c1)ncn2-c1cccc(C)c1)C1CCS(=O)(=O)C1. The zero-order valence-corrected chi connectivity index (χ0v) is 16.8. The van der Waals surface area contributed by atoms with Gasteiger partial charge in [-0.1, -0.05) is 12.1 Å². The van der Waals surface area contributed by atoms with Crippen LogP contribution in [0.15, 0.2) is 48.8 Å². The average molecular weight is 398 g/mol. The predicted octanol–water partition coefficient (Wildman–Crippen LogP) is 2.98. The molecule has 1 aromatic heterocycles. The summed E-state index contributed by atoms with van der Waals surface area (Å²) in [6, 6.07) is 13.4. The minimum absolute atomic E-state index is 0.0524. The highest BCUT2D eigenvalue weighted by Crippen LogP contribution is 2.23. The zero-order valence-electron chi connectivity index (χ0n) is 16.0. The molecule has 0 saturated carbocycles. The molecule has 4 rings (SSSR count). The molecule has 0 bridgehead atoms. The number of aryl methyl sites for hydroxylation is 1. The Balaban J connectivity index is 1.65. The van der Waals surface area contributed by atoms with Crippen LogP contribution in [0.25, 0.3) is 16.7 Å². The first-order valence-corrected chi connectivity index (χ1v) is 11.3. The van der Waals surface area contributed by atoms with Crippen molar-refractivity contribution in [3.8, 4) is 5.69 Å². The molecule has 3 aromatic rings. The van der Waals surface area contributed by atoms with E-state index in [-0.39, 0.29) is 23.5 Å². The van der Waals surface area contributed by atoms with Crippen LogP contribution in [-0.4, -0.2) is 52.9 Å². The monoisotopic (exact) mass is 397 g/mol. The van der Waals surface area contributed by atoms with Gasteiger partial charge < -0.3 is 4.90 Å². The van der Waals surface area contributed by atoms with Crippen molar-refractivity contribution in [1.29, 1.82) is 0 Å². The topological polar surface area (TPSA) is 72.3 Å². The van der Waals surface area contributed by atoms with Crippen molar-refractivity contribution in [1.82, 2.24) is 14.5 Å². The molecule has 1 atom stereocenters. The van der Waals surface area contributed by atoms with Gasteiger partial charge in [0, 0.05) is 23.8 Å². The van der Waals surface area contributed by atoms with Gasteiger partial charge in [0.15, 0.2) is 9.84 Å². The summed E-state index contributed by atoms with van der Waals surface area (Å²) in [5.41, 5.74) is 4.38. The van der Waals surface area contributed by atoms with E-state index < -0.39 is 9.84 Å². The van der Waals surface area contributed by atoms with Crippen LogP contribution in [0.5, 0.6) is 0 Å². The second-order valence-electron chi connectivity index (χ2n) is 7.31. The molecule has 2 heterocycles. The fraction of sp³-hybridized carbons (Fsp3) is 0.333. The summed E-state index contributed by atoms with van der Waals surface area (Å²) >= 11 is 0. The summed E-state index contributed by atoms with van der Waals surface area (Å²) in [6.45, 7) is 4.41. The molecule has 0 radical (unpaired) electrons. The normalized spacial score (nSPS) is 18.4. The standard InChI is InChI=1S/C21H23N3O3S/c1-3-23(18-9-10-28(26,27)13-18)21(25)16-7-8-20-19(12-16)22-14-24(20)17-6-4-5-15(2)11-17/h4-8,11-12,14,18H,3,9-10,13H2,1-2H3. The van der Waals surface area contributed by atoms with Crippen molar-refractivity contribution in [3.63, 3.8) is 0 Å². The third kappa shape index (κ3) is 3.42. The van der Waals surface area contributed by atoms with E-state index in [0.29, 0.717) is 18.5 Å². The lowest BCUT2D eigenvalue weighted by Gasteiger charge is -2.27. The van der Waals surface area contributed by atoms with Crippen LogP contribution in [0.3, 0.4) is 0 Å². The Morgan fingerprint density at radius 1 is 1.25 bits per heavy atom. The van der Waals surface area contributed by atoms with Gasteiger partial charge in [-0.2, -0.15) is 0 Å². The lowest BCUT2D eigenvalue weighted by Crippen LogP contribution is -2.40. The van der Waals surface area contributed by atoms with Crippen molar-refractivity contribution < 1.29 is 13.2 Å². The van der Waals surface area contributed by atoms with Crippen LogP contribution in [-0.2, 0) is 9.84 Å². The molecule has 28 heavy (non-hydrogen) atoms. The number of carbonyl (C=O) groups excluding carboxylic acids is 1. The highest BCUT2D eigenvalue weighted by atomic mass is 32.2. The van der Waals surface area contributed by atoms with Crippen molar-refractivity contribution in [3.05, 3.63) is 59.9 Å². The molecular weight excluding hydrogens is 374 g/mol. The van der Waals surface area contributed by atoms with E-state index in [4.69, 9.17) is 0 Å². The number of amides is 1. The van der Waals surface area contributed by atoms with Crippen molar-refractivity contribution in [2.45, 2.75) is 26.3 Å². The molecule has 6 nitrogen and oxygen atoms in total. The predicted molar refractivity (Wildman–Crippen MR) is 110 cm³/mol. The number of fused-ring (bicyclic) bond motifs is 1. The van der Waals surface area contributed by atoms with Crippen LogP contribution in [0, 0.1) is 6.92 Å². The average Bonchev–Trinajstić information content (AvgIpc) is 3.24. The van der Waals surface area contributed by atoms with Gasteiger partial charge in [-0.25, -0.2) is 13.4 Å². The summed E-state index contributed by atoms with van der Waals surface area (Å²) in [4.78, 5) is 19.2. The molecule has 1 aliphatic heterocycles. The Bertz CT molecular complexity index is 1150. The summed E-state index contributed by atoms with van der Waals surface area (Å²) in [5, 5.41) is 0. The lowest BCUT2D eigenvalue weighted by molar-refractivity contribution is 0.0708. The molecule has 0 aliphatic carbocycles. The van der Waals surface area contributed by atoms with Crippen molar-refractivity contribution in [2.24, 2.45) is 0 Å². The molecule has 0 spiro atoms. The molecule has 1 saturated heterocycles. The van der Waals surface area contributed by atoms with Gasteiger partial charge in [-0.15, -0.1) is 0 Å². The smallest absolute Gasteiger partial charge is 0.254 e. The highest BCUT2D eigenvalue weighted by Gasteiger charge is 2.34. The maximum atomic E-state index is 13.0. The van der Waals surface area contributed by atoms with Gasteiger partial charge in [-0.05, 0) is 56.2 Å². The number of nitrogens with zero attached hydrogens (tertiary/aromatic N) is 3. The van der Waals surface area contributed by atoms with E-state index >= 15 is 0 Å². The number of hydrogen-bond acceptors (Lipinski definition) is 4. The Labute approximate surface area is 164 Å². The van der Waals surface area contributed by atoms with Gasteiger partial charge >= 0.3 is 0 Å². The van der Waals surface area contributed by atoms with Crippen LogP contribution in [0.1, 0.15) is 29.3 Å². The molecule has 2 aromatic carbocycles. The van der Waals surface area contributed by atoms with Crippen LogP contribution >= 0.6 is 0 Å². The Hall–Kier alpha value is -2.67. The third-order valence-electron chi connectivity index (χ3n) is 5.32. The fourth-order valence-corrected chi connectivity index (χ4v) is 5.61. The molecule has 1 fully saturated rings. The largest absolute Gasteiger partial charge is 0.335 e. The van der Waals surface area contributed by atoms with Crippen molar-refractivity contribution in [2.75, 3.05) is 18.1 Å². The Kier molecular flexibility index (Phi) is 4.71. The number of sulfone groups is 1. The van der Waals surface area contributed by atoms with E-state index in [1.807, 2.05) is 42.7 Å². The van der Waals surface area contributed by atoms with Gasteiger partial charge in [0.25, 0.3) is 5.91 Å². The van der Waals surface area contributed by atoms with Crippen LogP contribution in [0.4, 0.5) is 0 Å². The number of imidazole rings is 1. The van der Waals surface area contributed by atoms with E-state index in [1.54, 1.807) is 23.4 Å². The Morgan fingerprint density at radius 3 is 2.75 bits per heavy atom. The van der Waals surface area contributed by atoms with Gasteiger partial charge in [-0.3, -0.25) is 9.36 Å². The summed E-state index contributed by atoms with van der Waals surface area (Å²) < 4.78 is 25.6. The first-order valence-electron chi connectivity index (χ1n) is 9.43. The van der Waals surface area contributed by atoms with Gasteiger partial charge in [0.2, 0.25) is 0 Å². The molecule has 146 valence electrons. The number of benzene rings is 2. The third-order valence-corrected chi connectivity index (χ3v) is 7.08. The first-order chi connectivity index (χ1) is 13.4. The minimum Gasteiger partial charge on any atom is -0.335 e.